The maximum atomic E-state index is 10.8. The van der Waals surface area contributed by atoms with Crippen molar-refractivity contribution >= 4 is 23.0 Å². The molecule has 1 aromatic carbocycles. The molecule has 0 unspecified atom stereocenters. The average molecular weight is 257 g/mol. The number of nitrogens with zero attached hydrogens (tertiary/aromatic N) is 1. The number of rotatable bonds is 6. The molecule has 0 aromatic heterocycles. The third-order valence-electron chi connectivity index (χ3n) is 2.05. The van der Waals surface area contributed by atoms with Gasteiger partial charge in [0.05, 0.1) is 9.95 Å². The fourth-order valence-electron chi connectivity index (χ4n) is 1.28. The summed E-state index contributed by atoms with van der Waals surface area (Å²) in [7, 11) is 0. The van der Waals surface area contributed by atoms with Gasteiger partial charge in [0.15, 0.2) is 0 Å². The van der Waals surface area contributed by atoms with Crippen molar-refractivity contribution in [2.75, 3.05) is 18.5 Å². The molecule has 1 aromatic rings. The van der Waals surface area contributed by atoms with Crippen molar-refractivity contribution in [2.45, 2.75) is 6.42 Å². The van der Waals surface area contributed by atoms with Crippen LogP contribution < -0.4 is 5.32 Å². The van der Waals surface area contributed by atoms with E-state index in [0.717, 1.165) is 0 Å². The number of benzene rings is 1. The summed E-state index contributed by atoms with van der Waals surface area (Å²) in [5.41, 5.74) is 0.265. The van der Waals surface area contributed by atoms with Crippen molar-refractivity contribution in [3.63, 3.8) is 0 Å². The van der Waals surface area contributed by atoms with E-state index in [4.69, 9.17) is 16.7 Å². The third kappa shape index (κ3) is 4.05. The fraction of sp³-hybridized carbons (Fsp3) is 0.273. The summed E-state index contributed by atoms with van der Waals surface area (Å²) < 4.78 is 0. The van der Waals surface area contributed by atoms with E-state index >= 15 is 0 Å². The molecule has 0 saturated carbocycles. The smallest absolute Gasteiger partial charge is 0.293 e. The van der Waals surface area contributed by atoms with Gasteiger partial charge in [-0.3, -0.25) is 10.1 Å². The molecule has 0 amide bonds. The Morgan fingerprint density at radius 1 is 1.47 bits per heavy atom. The van der Waals surface area contributed by atoms with Gasteiger partial charge in [0, 0.05) is 19.2 Å². The lowest BCUT2D eigenvalue weighted by Gasteiger charge is -2.06. The van der Waals surface area contributed by atoms with Crippen LogP contribution in [-0.2, 0) is 0 Å². The molecule has 0 aliphatic carbocycles. The quantitative estimate of drug-likeness (QED) is 0.466. The lowest BCUT2D eigenvalue weighted by molar-refractivity contribution is -0.383. The Hall–Kier alpha value is -1.59. The van der Waals surface area contributed by atoms with E-state index in [9.17, 15) is 10.1 Å². The highest BCUT2D eigenvalue weighted by atomic mass is 35.5. The first kappa shape index (κ1) is 13.5. The molecule has 0 atom stereocenters. The zero-order valence-electron chi connectivity index (χ0n) is 9.10. The maximum absolute atomic E-state index is 10.8. The van der Waals surface area contributed by atoms with Crippen molar-refractivity contribution in [3.8, 4) is 0 Å². The first-order chi connectivity index (χ1) is 8.16. The molecule has 0 aliphatic heterocycles. The van der Waals surface area contributed by atoms with Crippen molar-refractivity contribution in [1.29, 1.82) is 0 Å². The largest absolute Gasteiger partial charge is 0.396 e. The van der Waals surface area contributed by atoms with Gasteiger partial charge in [0.1, 0.15) is 5.69 Å². The Balaban J connectivity index is 2.72. The predicted octanol–water partition coefficient (Wildman–Crippen LogP) is 2.60. The maximum Gasteiger partial charge on any atom is 0.293 e. The highest BCUT2D eigenvalue weighted by Gasteiger charge is 2.15. The van der Waals surface area contributed by atoms with Gasteiger partial charge in [0.2, 0.25) is 0 Å². The summed E-state index contributed by atoms with van der Waals surface area (Å²) in [4.78, 5) is 10.3. The van der Waals surface area contributed by atoms with E-state index in [1.807, 2.05) is 0 Å². The van der Waals surface area contributed by atoms with Crippen LogP contribution in [0.3, 0.4) is 0 Å². The second kappa shape index (κ2) is 6.88. The van der Waals surface area contributed by atoms with E-state index in [1.165, 1.54) is 12.1 Å². The summed E-state index contributed by atoms with van der Waals surface area (Å²) in [6, 6.07) is 4.52. The Kier molecular flexibility index (Phi) is 5.45. The Morgan fingerprint density at radius 2 is 2.24 bits per heavy atom. The summed E-state index contributed by atoms with van der Waals surface area (Å²) in [6.07, 6.45) is 4.13. The molecule has 2 N–H and O–H groups in total. The summed E-state index contributed by atoms with van der Waals surface area (Å²) in [5, 5.41) is 22.5. The van der Waals surface area contributed by atoms with Crippen LogP contribution in [0.1, 0.15) is 6.42 Å². The summed E-state index contributed by atoms with van der Waals surface area (Å²) in [5.74, 6) is 0. The molecule has 0 spiro atoms. The van der Waals surface area contributed by atoms with Crippen molar-refractivity contribution in [2.24, 2.45) is 0 Å². The topological polar surface area (TPSA) is 75.4 Å². The van der Waals surface area contributed by atoms with E-state index in [0.29, 0.717) is 23.7 Å². The number of nitro benzene ring substituents is 1. The Labute approximate surface area is 104 Å². The zero-order chi connectivity index (χ0) is 12.7. The molecular weight excluding hydrogens is 244 g/mol. The molecule has 6 heteroatoms. The monoisotopic (exact) mass is 256 g/mol. The molecule has 0 aliphatic rings. The normalized spacial score (nSPS) is 10.7. The van der Waals surface area contributed by atoms with Gasteiger partial charge < -0.3 is 10.4 Å². The number of halogens is 1. The number of aliphatic hydroxyl groups is 1. The van der Waals surface area contributed by atoms with Crippen LogP contribution in [0.2, 0.25) is 5.02 Å². The molecule has 0 heterocycles. The minimum atomic E-state index is -0.481. The van der Waals surface area contributed by atoms with Gasteiger partial charge in [0.25, 0.3) is 5.69 Å². The van der Waals surface area contributed by atoms with Crippen molar-refractivity contribution < 1.29 is 10.0 Å². The van der Waals surface area contributed by atoms with E-state index in [1.54, 1.807) is 18.2 Å². The molecule has 0 radical (unpaired) electrons. The van der Waals surface area contributed by atoms with Gasteiger partial charge in [-0.25, -0.2) is 0 Å². The number of hydrogen-bond acceptors (Lipinski definition) is 4. The van der Waals surface area contributed by atoms with Gasteiger partial charge in [-0.2, -0.15) is 0 Å². The highest BCUT2D eigenvalue weighted by molar-refractivity contribution is 6.33. The minimum absolute atomic E-state index is 0.0481. The highest BCUT2D eigenvalue weighted by Crippen LogP contribution is 2.31. The number of para-hydroxylation sites is 1. The lowest BCUT2D eigenvalue weighted by atomic mass is 10.2. The van der Waals surface area contributed by atoms with Crippen LogP contribution in [0.5, 0.6) is 0 Å². The van der Waals surface area contributed by atoms with Crippen LogP contribution in [0, 0.1) is 10.1 Å². The third-order valence-corrected chi connectivity index (χ3v) is 2.36. The minimum Gasteiger partial charge on any atom is -0.396 e. The van der Waals surface area contributed by atoms with Gasteiger partial charge in [-0.05, 0) is 12.5 Å². The molecule has 5 nitrogen and oxygen atoms in total. The van der Waals surface area contributed by atoms with E-state index in [2.05, 4.69) is 5.32 Å². The van der Waals surface area contributed by atoms with Crippen LogP contribution in [0.15, 0.2) is 30.4 Å². The molecule has 1 rings (SSSR count). The van der Waals surface area contributed by atoms with Crippen LogP contribution >= 0.6 is 11.6 Å². The SMILES string of the molecule is O=[N+]([O-])c1cccc(Cl)c1NC/C=C/CCO. The molecule has 0 saturated heterocycles. The number of nitro groups is 1. The van der Waals surface area contributed by atoms with Crippen LogP contribution in [0.25, 0.3) is 0 Å². The van der Waals surface area contributed by atoms with Crippen LogP contribution in [0.4, 0.5) is 11.4 Å². The molecule has 0 fully saturated rings. The van der Waals surface area contributed by atoms with E-state index < -0.39 is 4.92 Å². The van der Waals surface area contributed by atoms with Crippen LogP contribution in [-0.4, -0.2) is 23.2 Å². The molecule has 17 heavy (non-hydrogen) atoms. The first-order valence-electron chi connectivity index (χ1n) is 5.09. The van der Waals surface area contributed by atoms with Gasteiger partial charge in [-0.15, -0.1) is 0 Å². The fourth-order valence-corrected chi connectivity index (χ4v) is 1.51. The molecule has 0 bridgehead atoms. The summed E-state index contributed by atoms with van der Waals surface area (Å²) >= 11 is 5.88. The van der Waals surface area contributed by atoms with E-state index in [-0.39, 0.29) is 12.3 Å². The molecular formula is C11H13ClN2O3. The van der Waals surface area contributed by atoms with Gasteiger partial charge >= 0.3 is 0 Å². The number of hydrogen-bond donors (Lipinski definition) is 2. The Morgan fingerprint density at radius 3 is 2.88 bits per heavy atom. The number of nitrogens with one attached hydrogen (secondary N) is 1. The van der Waals surface area contributed by atoms with Gasteiger partial charge in [-0.1, -0.05) is 29.8 Å². The predicted molar refractivity (Wildman–Crippen MR) is 67.4 cm³/mol. The van der Waals surface area contributed by atoms with Crippen molar-refractivity contribution in [1.82, 2.24) is 0 Å². The standard InChI is InChI=1S/C11H13ClN2O3/c12-9-5-4-6-10(14(16)17)11(9)13-7-2-1-3-8-15/h1-2,4-6,13,15H,3,7-8H2/b2-1+. The average Bonchev–Trinajstić information content (AvgIpc) is 2.30. The molecule has 92 valence electrons. The first-order valence-corrected chi connectivity index (χ1v) is 5.47. The zero-order valence-corrected chi connectivity index (χ0v) is 9.85. The number of anilines is 1. The van der Waals surface area contributed by atoms with Crippen molar-refractivity contribution in [3.05, 3.63) is 45.5 Å². The summed E-state index contributed by atoms with van der Waals surface area (Å²) in [6.45, 7) is 0.507. The second-order valence-electron chi connectivity index (χ2n) is 3.26. The lowest BCUT2D eigenvalue weighted by Crippen LogP contribution is -2.02. The Bertz CT molecular complexity index is 421. The second-order valence-corrected chi connectivity index (χ2v) is 3.66. The number of aliphatic hydroxyl groups excluding tert-OH is 1.